The molecule has 186 valence electrons. The lowest BCUT2D eigenvalue weighted by Gasteiger charge is -2.39. The van der Waals surface area contributed by atoms with Gasteiger partial charge >= 0.3 is 0 Å². The van der Waals surface area contributed by atoms with Crippen molar-refractivity contribution in [3.05, 3.63) is 101 Å². The first-order valence-corrected chi connectivity index (χ1v) is 13.0. The number of benzene rings is 3. The van der Waals surface area contributed by atoms with E-state index in [4.69, 9.17) is 11.6 Å². The molecule has 1 aliphatic rings. The van der Waals surface area contributed by atoms with Gasteiger partial charge < -0.3 is 14.4 Å². The fourth-order valence-corrected chi connectivity index (χ4v) is 5.85. The summed E-state index contributed by atoms with van der Waals surface area (Å²) in [6.07, 6.45) is 4.79. The highest BCUT2D eigenvalue weighted by atomic mass is 35.5. The number of fused-ring (bicyclic) bond motifs is 1. The number of carbonyl (C=O) groups excluding carboxylic acids is 1. The first-order chi connectivity index (χ1) is 17.5. The summed E-state index contributed by atoms with van der Waals surface area (Å²) in [6.45, 7) is 2.85. The van der Waals surface area contributed by atoms with Gasteiger partial charge in [-0.05, 0) is 55.1 Å². The Morgan fingerprint density at radius 1 is 0.972 bits per heavy atom. The van der Waals surface area contributed by atoms with E-state index in [1.807, 2.05) is 69.0 Å². The molecule has 2 heterocycles. The highest BCUT2D eigenvalue weighted by molar-refractivity contribution is 6.31. The van der Waals surface area contributed by atoms with E-state index in [0.29, 0.717) is 6.04 Å². The molecule has 5 rings (SSSR count). The molecule has 6 heteroatoms. The van der Waals surface area contributed by atoms with Crippen LogP contribution in [0.5, 0.6) is 0 Å². The van der Waals surface area contributed by atoms with Crippen LogP contribution in [0, 0.1) is 0 Å². The number of nitrogens with zero attached hydrogens (tertiary/aromatic N) is 4. The molecule has 1 aliphatic heterocycles. The third kappa shape index (κ3) is 4.65. The zero-order chi connectivity index (χ0) is 25.1. The zero-order valence-electron chi connectivity index (χ0n) is 21.0. The summed E-state index contributed by atoms with van der Waals surface area (Å²) in [4.78, 5) is 22.7. The average molecular weight is 501 g/mol. The minimum absolute atomic E-state index is 0.123. The molecule has 0 bridgehead atoms. The number of imidazole rings is 1. The maximum Gasteiger partial charge on any atom is 0.237 e. The predicted molar refractivity (Wildman–Crippen MR) is 146 cm³/mol. The average Bonchev–Trinajstić information content (AvgIpc) is 3.33. The van der Waals surface area contributed by atoms with Gasteiger partial charge in [-0.2, -0.15) is 0 Å². The van der Waals surface area contributed by atoms with Crippen LogP contribution in [0.4, 0.5) is 0 Å². The van der Waals surface area contributed by atoms with E-state index >= 15 is 0 Å². The van der Waals surface area contributed by atoms with Crippen LogP contribution in [0.25, 0.3) is 11.0 Å². The summed E-state index contributed by atoms with van der Waals surface area (Å²) < 4.78 is 2.30. The van der Waals surface area contributed by atoms with Crippen LogP contribution in [-0.2, 0) is 10.2 Å². The van der Waals surface area contributed by atoms with Crippen molar-refractivity contribution < 1.29 is 4.79 Å². The summed E-state index contributed by atoms with van der Waals surface area (Å²) in [6, 6.07) is 26.9. The van der Waals surface area contributed by atoms with Crippen molar-refractivity contribution in [3.8, 4) is 0 Å². The second kappa shape index (κ2) is 10.5. The fraction of sp³-hybridized carbons (Fsp3) is 0.333. The Kier molecular flexibility index (Phi) is 7.13. The molecule has 1 fully saturated rings. The Labute approximate surface area is 218 Å². The quantitative estimate of drug-likeness (QED) is 0.322. The maximum atomic E-state index is 13.9. The van der Waals surface area contributed by atoms with Crippen LogP contribution >= 0.6 is 11.6 Å². The van der Waals surface area contributed by atoms with Gasteiger partial charge in [-0.1, -0.05) is 72.3 Å². The number of likely N-dealkylation sites (N-methyl/N-ethyl adjacent to an activating group) is 1. The fourth-order valence-electron chi connectivity index (χ4n) is 5.68. The summed E-state index contributed by atoms with van der Waals surface area (Å²) in [5, 5.41) is 0.718. The molecule has 1 amide bonds. The Bertz CT molecular complexity index is 1270. The number of piperidine rings is 1. The lowest BCUT2D eigenvalue weighted by atomic mass is 9.70. The van der Waals surface area contributed by atoms with Crippen LogP contribution in [0.3, 0.4) is 0 Å². The number of likely N-dealkylation sites (tertiary alicyclic amines) is 1. The molecule has 1 saturated heterocycles. The standard InChI is InChI=1S/C30H33ClN4O/c1-33(2)29(36)30(23-9-5-3-6-10-23,24-11-7-4-8-12-24)17-20-34-18-15-26(16-19-34)35-22-32-27-21-25(31)13-14-28(27)35/h3-14,21-22,26H,15-20H2,1-2H3. The summed E-state index contributed by atoms with van der Waals surface area (Å²) in [5.74, 6) is 0.123. The van der Waals surface area contributed by atoms with Crippen molar-refractivity contribution in [1.29, 1.82) is 0 Å². The van der Waals surface area contributed by atoms with Crippen molar-refractivity contribution in [2.24, 2.45) is 0 Å². The molecule has 0 N–H and O–H groups in total. The van der Waals surface area contributed by atoms with E-state index in [-0.39, 0.29) is 5.91 Å². The number of rotatable bonds is 7. The minimum atomic E-state index is -0.720. The lowest BCUT2D eigenvalue weighted by molar-refractivity contribution is -0.133. The normalized spacial score (nSPS) is 15.3. The molecule has 4 aromatic rings. The van der Waals surface area contributed by atoms with Crippen molar-refractivity contribution >= 4 is 28.5 Å². The molecular formula is C30H33ClN4O. The second-order valence-corrected chi connectivity index (χ2v) is 10.4. The highest BCUT2D eigenvalue weighted by Crippen LogP contribution is 2.38. The van der Waals surface area contributed by atoms with Crippen LogP contribution < -0.4 is 0 Å². The summed E-state index contributed by atoms with van der Waals surface area (Å²) >= 11 is 6.15. The van der Waals surface area contributed by atoms with E-state index in [2.05, 4.69) is 44.8 Å². The van der Waals surface area contributed by atoms with E-state index in [0.717, 1.165) is 66.1 Å². The molecular weight excluding hydrogens is 468 g/mol. The second-order valence-electron chi connectivity index (χ2n) is 9.94. The van der Waals surface area contributed by atoms with Crippen LogP contribution in [0.1, 0.15) is 36.4 Å². The first-order valence-electron chi connectivity index (χ1n) is 12.7. The van der Waals surface area contributed by atoms with E-state index in [1.54, 1.807) is 4.90 Å². The number of aromatic nitrogens is 2. The Morgan fingerprint density at radius 2 is 1.58 bits per heavy atom. The van der Waals surface area contributed by atoms with E-state index in [9.17, 15) is 4.79 Å². The van der Waals surface area contributed by atoms with Gasteiger partial charge in [0.05, 0.1) is 17.4 Å². The Hall–Kier alpha value is -3.15. The molecule has 0 spiro atoms. The van der Waals surface area contributed by atoms with Crippen LogP contribution in [0.2, 0.25) is 5.02 Å². The topological polar surface area (TPSA) is 41.4 Å². The van der Waals surface area contributed by atoms with Crippen molar-refractivity contribution in [3.63, 3.8) is 0 Å². The predicted octanol–water partition coefficient (Wildman–Crippen LogP) is 5.79. The van der Waals surface area contributed by atoms with Crippen LogP contribution in [0.15, 0.2) is 85.2 Å². The molecule has 5 nitrogen and oxygen atoms in total. The number of hydrogen-bond acceptors (Lipinski definition) is 3. The molecule has 0 aliphatic carbocycles. The van der Waals surface area contributed by atoms with Gasteiger partial charge in [0, 0.05) is 38.2 Å². The van der Waals surface area contributed by atoms with Gasteiger partial charge in [0.2, 0.25) is 5.91 Å². The first kappa shape index (κ1) is 24.5. The molecule has 0 unspecified atom stereocenters. The van der Waals surface area contributed by atoms with E-state index in [1.165, 1.54) is 0 Å². The lowest BCUT2D eigenvalue weighted by Crippen LogP contribution is -2.47. The van der Waals surface area contributed by atoms with E-state index < -0.39 is 5.41 Å². The summed E-state index contributed by atoms with van der Waals surface area (Å²) in [5.41, 5.74) is 3.47. The van der Waals surface area contributed by atoms with Crippen LogP contribution in [-0.4, -0.2) is 59.0 Å². The molecule has 0 radical (unpaired) electrons. The maximum absolute atomic E-state index is 13.9. The smallest absolute Gasteiger partial charge is 0.237 e. The van der Waals surface area contributed by atoms with Gasteiger partial charge in [-0.3, -0.25) is 4.79 Å². The SMILES string of the molecule is CN(C)C(=O)C(CCN1CCC(n2cnc3cc(Cl)ccc32)CC1)(c1ccccc1)c1ccccc1. The highest BCUT2D eigenvalue weighted by Gasteiger charge is 2.43. The number of amides is 1. The van der Waals surface area contributed by atoms with Crippen molar-refractivity contribution in [2.75, 3.05) is 33.7 Å². The monoisotopic (exact) mass is 500 g/mol. The third-order valence-electron chi connectivity index (χ3n) is 7.59. The third-order valence-corrected chi connectivity index (χ3v) is 7.83. The number of halogens is 1. The van der Waals surface area contributed by atoms with Crippen molar-refractivity contribution in [1.82, 2.24) is 19.4 Å². The van der Waals surface area contributed by atoms with Gasteiger partial charge in [0.1, 0.15) is 5.41 Å². The Morgan fingerprint density at radius 3 is 2.17 bits per heavy atom. The van der Waals surface area contributed by atoms with Gasteiger partial charge in [-0.15, -0.1) is 0 Å². The minimum Gasteiger partial charge on any atom is -0.348 e. The molecule has 36 heavy (non-hydrogen) atoms. The van der Waals surface area contributed by atoms with Gasteiger partial charge in [-0.25, -0.2) is 4.98 Å². The molecule has 0 atom stereocenters. The molecule has 1 aromatic heterocycles. The molecule has 3 aromatic carbocycles. The Balaban J connectivity index is 1.36. The molecule has 0 saturated carbocycles. The number of carbonyl (C=O) groups is 1. The summed E-state index contributed by atoms with van der Waals surface area (Å²) in [7, 11) is 3.72. The zero-order valence-corrected chi connectivity index (χ0v) is 21.7. The largest absolute Gasteiger partial charge is 0.348 e. The van der Waals surface area contributed by atoms with Gasteiger partial charge in [0.15, 0.2) is 0 Å². The number of hydrogen-bond donors (Lipinski definition) is 0. The van der Waals surface area contributed by atoms with Crippen molar-refractivity contribution in [2.45, 2.75) is 30.7 Å². The van der Waals surface area contributed by atoms with Gasteiger partial charge in [0.25, 0.3) is 0 Å².